The lowest BCUT2D eigenvalue weighted by Crippen LogP contribution is -2.63. The van der Waals surface area contributed by atoms with Crippen LogP contribution in [-0.4, -0.2) is 48.2 Å². The van der Waals surface area contributed by atoms with Crippen molar-refractivity contribution in [3.8, 4) is 0 Å². The van der Waals surface area contributed by atoms with Crippen molar-refractivity contribution in [1.82, 2.24) is 5.32 Å². The Hall–Kier alpha value is -0.160. The highest BCUT2D eigenvalue weighted by atomic mass is 16.5. The molecule has 0 radical (unpaired) electrons. The molecule has 0 spiro atoms. The van der Waals surface area contributed by atoms with Gasteiger partial charge in [-0.05, 0) is 54.4 Å². The van der Waals surface area contributed by atoms with Crippen LogP contribution in [0.5, 0.6) is 0 Å². The zero-order valence-electron chi connectivity index (χ0n) is 15.0. The molecule has 0 aromatic rings. The number of piperidine rings is 1. The fourth-order valence-corrected chi connectivity index (χ4v) is 3.87. The van der Waals surface area contributed by atoms with Crippen molar-refractivity contribution in [2.75, 3.05) is 26.4 Å². The van der Waals surface area contributed by atoms with Gasteiger partial charge in [0.25, 0.3) is 0 Å². The van der Waals surface area contributed by atoms with Crippen LogP contribution in [0, 0.1) is 5.41 Å². The van der Waals surface area contributed by atoms with E-state index in [0.29, 0.717) is 19.8 Å². The van der Waals surface area contributed by atoms with Gasteiger partial charge in [-0.25, -0.2) is 0 Å². The summed E-state index contributed by atoms with van der Waals surface area (Å²) in [5, 5.41) is 13.3. The molecule has 0 aromatic heterocycles. The molecule has 2 N–H and O–H groups in total. The van der Waals surface area contributed by atoms with Crippen molar-refractivity contribution in [3.63, 3.8) is 0 Å². The fourth-order valence-electron chi connectivity index (χ4n) is 3.87. The van der Waals surface area contributed by atoms with Crippen LogP contribution < -0.4 is 5.32 Å². The molecule has 0 saturated carbocycles. The van der Waals surface area contributed by atoms with E-state index < -0.39 is 0 Å². The molecule has 1 unspecified atom stereocenters. The first-order valence-corrected chi connectivity index (χ1v) is 8.07. The minimum Gasteiger partial charge on any atom is -0.396 e. The first kappa shape index (κ1) is 18.9. The Kier molecular flexibility index (Phi) is 5.87. The highest BCUT2D eigenvalue weighted by Gasteiger charge is 2.45. The van der Waals surface area contributed by atoms with Crippen molar-refractivity contribution in [3.05, 3.63) is 0 Å². The van der Waals surface area contributed by atoms with Crippen molar-refractivity contribution < 1.29 is 14.6 Å². The summed E-state index contributed by atoms with van der Waals surface area (Å²) in [7, 11) is 0. The number of hydrogen-bond acceptors (Lipinski definition) is 4. The predicted octanol–water partition coefficient (Wildman–Crippen LogP) is 2.74. The van der Waals surface area contributed by atoms with Crippen molar-refractivity contribution in [1.29, 1.82) is 0 Å². The van der Waals surface area contributed by atoms with Crippen LogP contribution in [0.3, 0.4) is 0 Å². The second kappa shape index (κ2) is 6.53. The molecule has 1 aliphatic heterocycles. The summed E-state index contributed by atoms with van der Waals surface area (Å²) < 4.78 is 11.8. The molecule has 1 atom stereocenters. The number of rotatable bonds is 7. The second-order valence-electron chi connectivity index (χ2n) is 8.59. The number of nitrogens with one attached hydrogen (secondary N) is 1. The summed E-state index contributed by atoms with van der Waals surface area (Å²) >= 11 is 0. The smallest absolute Gasteiger partial charge is 0.0689 e. The van der Waals surface area contributed by atoms with Gasteiger partial charge in [-0.15, -0.1) is 0 Å². The summed E-state index contributed by atoms with van der Waals surface area (Å²) in [6.45, 7) is 16.9. The maximum absolute atomic E-state index is 9.66. The number of ether oxygens (including phenoxy) is 2. The van der Waals surface area contributed by atoms with Gasteiger partial charge in [0.05, 0.1) is 25.4 Å². The van der Waals surface area contributed by atoms with E-state index in [1.54, 1.807) is 0 Å². The largest absolute Gasteiger partial charge is 0.396 e. The number of aliphatic hydroxyl groups excluding tert-OH is 1. The molecular weight excluding hydrogens is 266 g/mol. The SMILES string of the molecule is CCOCC(C)(CO)COC1(C)CC(C)(C)NC(C)(C)C1. The maximum Gasteiger partial charge on any atom is 0.0689 e. The minimum absolute atomic E-state index is 0.0477. The normalized spacial score (nSPS) is 26.3. The molecule has 1 rings (SSSR count). The van der Waals surface area contributed by atoms with E-state index in [4.69, 9.17) is 9.47 Å². The standard InChI is InChI=1S/C17H35NO3/c1-8-20-12-16(6,11-19)13-21-17(7)9-14(2,3)18-15(4,5)10-17/h18-19H,8-13H2,1-7H3. The Bertz CT molecular complexity index is 325. The summed E-state index contributed by atoms with van der Waals surface area (Å²) in [6.07, 6.45) is 1.92. The molecule has 21 heavy (non-hydrogen) atoms. The summed E-state index contributed by atoms with van der Waals surface area (Å²) in [6, 6.07) is 0. The third-order valence-corrected chi connectivity index (χ3v) is 4.11. The van der Waals surface area contributed by atoms with Crippen LogP contribution in [0.1, 0.15) is 61.3 Å². The Morgan fingerprint density at radius 1 is 1.05 bits per heavy atom. The summed E-state index contributed by atoms with van der Waals surface area (Å²) in [5.41, 5.74) is -0.419. The predicted molar refractivity (Wildman–Crippen MR) is 86.6 cm³/mol. The lowest BCUT2D eigenvalue weighted by atomic mass is 9.73. The highest BCUT2D eigenvalue weighted by Crippen LogP contribution is 2.39. The van der Waals surface area contributed by atoms with Crippen LogP contribution >= 0.6 is 0 Å². The molecule has 4 heteroatoms. The van der Waals surface area contributed by atoms with E-state index in [0.717, 1.165) is 12.8 Å². The summed E-state index contributed by atoms with van der Waals surface area (Å²) in [4.78, 5) is 0. The Morgan fingerprint density at radius 3 is 2.00 bits per heavy atom. The van der Waals surface area contributed by atoms with Gasteiger partial charge in [-0.3, -0.25) is 0 Å². The van der Waals surface area contributed by atoms with Crippen LogP contribution in [0.15, 0.2) is 0 Å². The fraction of sp³-hybridized carbons (Fsp3) is 1.00. The van der Waals surface area contributed by atoms with Gasteiger partial charge in [0.1, 0.15) is 0 Å². The van der Waals surface area contributed by atoms with Crippen LogP contribution in [-0.2, 0) is 9.47 Å². The first-order chi connectivity index (χ1) is 9.45. The molecule has 4 nitrogen and oxygen atoms in total. The van der Waals surface area contributed by atoms with Gasteiger partial charge in [-0.1, -0.05) is 6.92 Å². The average Bonchev–Trinajstić information content (AvgIpc) is 2.30. The molecule has 1 fully saturated rings. The second-order valence-corrected chi connectivity index (χ2v) is 8.59. The molecule has 0 amide bonds. The Labute approximate surface area is 130 Å². The molecule has 0 bridgehead atoms. The molecule has 0 aliphatic carbocycles. The lowest BCUT2D eigenvalue weighted by Gasteiger charge is -2.52. The van der Waals surface area contributed by atoms with Crippen molar-refractivity contribution in [2.45, 2.75) is 78.0 Å². The van der Waals surface area contributed by atoms with Gasteiger partial charge >= 0.3 is 0 Å². The molecule has 1 saturated heterocycles. The van der Waals surface area contributed by atoms with Gasteiger partial charge in [0.2, 0.25) is 0 Å². The van der Waals surface area contributed by atoms with E-state index >= 15 is 0 Å². The average molecular weight is 301 g/mol. The van der Waals surface area contributed by atoms with Crippen LogP contribution in [0.4, 0.5) is 0 Å². The quantitative estimate of drug-likeness (QED) is 0.759. The third-order valence-electron chi connectivity index (χ3n) is 4.11. The van der Waals surface area contributed by atoms with Gasteiger partial charge < -0.3 is 19.9 Å². The zero-order chi connectivity index (χ0) is 16.4. The highest BCUT2D eigenvalue weighted by molar-refractivity contribution is 5.03. The zero-order valence-corrected chi connectivity index (χ0v) is 15.0. The van der Waals surface area contributed by atoms with Crippen molar-refractivity contribution in [2.24, 2.45) is 5.41 Å². The number of aliphatic hydroxyl groups is 1. The van der Waals surface area contributed by atoms with E-state index in [9.17, 15) is 5.11 Å². The van der Waals surface area contributed by atoms with Crippen molar-refractivity contribution >= 4 is 0 Å². The molecule has 0 aromatic carbocycles. The third kappa shape index (κ3) is 5.85. The minimum atomic E-state index is -0.335. The Balaban J connectivity index is 2.71. The number of hydrogen-bond donors (Lipinski definition) is 2. The van der Waals surface area contributed by atoms with Gasteiger partial charge in [0, 0.05) is 23.1 Å². The van der Waals surface area contributed by atoms with E-state index in [1.165, 1.54) is 0 Å². The monoisotopic (exact) mass is 301 g/mol. The molecule has 1 heterocycles. The van der Waals surface area contributed by atoms with Gasteiger partial charge in [-0.2, -0.15) is 0 Å². The molecule has 126 valence electrons. The van der Waals surface area contributed by atoms with Gasteiger partial charge in [0.15, 0.2) is 0 Å². The molecule has 1 aliphatic rings. The van der Waals surface area contributed by atoms with E-state index in [2.05, 4.69) is 39.9 Å². The van der Waals surface area contributed by atoms with Crippen LogP contribution in [0.2, 0.25) is 0 Å². The summed E-state index contributed by atoms with van der Waals surface area (Å²) in [5.74, 6) is 0. The van der Waals surface area contributed by atoms with Crippen LogP contribution in [0.25, 0.3) is 0 Å². The van der Waals surface area contributed by atoms with E-state index in [1.807, 2.05) is 13.8 Å². The molecular formula is C17H35NO3. The maximum atomic E-state index is 9.66. The Morgan fingerprint density at radius 2 is 1.57 bits per heavy atom. The first-order valence-electron chi connectivity index (χ1n) is 8.07. The topological polar surface area (TPSA) is 50.7 Å². The lowest BCUT2D eigenvalue weighted by molar-refractivity contribution is -0.138. The van der Waals surface area contributed by atoms with E-state index in [-0.39, 0.29) is 28.7 Å².